The predicted molar refractivity (Wildman–Crippen MR) is 415 cm³/mol. The molecule has 0 amide bonds. The van der Waals surface area contributed by atoms with Crippen LogP contribution < -0.4 is 0 Å². The van der Waals surface area contributed by atoms with Crippen molar-refractivity contribution in [3.63, 3.8) is 0 Å². The number of hydrogen-bond acceptors (Lipinski definition) is 2. The molecule has 0 spiro atoms. The number of ether oxygens (including phenoxy) is 2. The maximum atomic E-state index is 6.01. The van der Waals surface area contributed by atoms with Crippen LogP contribution in [0.5, 0.6) is 0 Å². The van der Waals surface area contributed by atoms with Crippen LogP contribution in [0, 0.1) is 91.9 Å². The second-order valence-electron chi connectivity index (χ2n) is 36.8. The van der Waals surface area contributed by atoms with Crippen LogP contribution in [0.25, 0.3) is 9.96 Å². The van der Waals surface area contributed by atoms with Gasteiger partial charge in [-0.3, -0.25) is 0 Å². The van der Waals surface area contributed by atoms with Crippen LogP contribution in [0.15, 0.2) is 42.5 Å². The molecule has 4 saturated carbocycles. The van der Waals surface area contributed by atoms with Crippen LogP contribution >= 0.6 is 0 Å². The van der Waals surface area contributed by atoms with Gasteiger partial charge in [-0.15, -0.1) is 11.1 Å². The summed E-state index contributed by atoms with van der Waals surface area (Å²) in [7, 11) is -3.76. The van der Waals surface area contributed by atoms with Crippen molar-refractivity contribution in [2.24, 2.45) is 47.3 Å². The zero-order chi connectivity index (χ0) is 63.2. The summed E-state index contributed by atoms with van der Waals surface area (Å²) in [6.07, 6.45) is 21.4. The van der Waals surface area contributed by atoms with E-state index < -0.39 is 16.5 Å². The Morgan fingerprint density at radius 2 is 0.717 bits per heavy atom. The molecule has 0 bridgehead atoms. The fraction of sp³-hybridized carbons (Fsp3) is 0.786. The van der Waals surface area contributed by atoms with Crippen LogP contribution in [-0.2, 0) is 69.2 Å². The summed E-state index contributed by atoms with van der Waals surface area (Å²) < 4.78 is 12.0. The van der Waals surface area contributed by atoms with Crippen LogP contribution in [0.3, 0.4) is 0 Å². The summed E-state index contributed by atoms with van der Waals surface area (Å²) in [5, 5.41) is 0. The van der Waals surface area contributed by atoms with Crippen molar-refractivity contribution in [3.8, 4) is 0 Å². The topological polar surface area (TPSA) is 46.7 Å². The predicted octanol–water partition coefficient (Wildman–Crippen LogP) is 27.3. The van der Waals surface area contributed by atoms with Crippen molar-refractivity contribution < 1.29 is 52.9 Å². The SMILES string of the molecule is CC(C)C1CC2C(c3cc(C(C)(C)C)cc(C(C)(C)C)c3)CCCC2C1[Si](C)(CCCCCCOC(C)(C)C)[N-]C(C)(C)C.CC(C)C1CC2C(c3ccc(C(C)(C)C)cc3)CCCC2C1[Si](C)(CCCCCCOC(C)(C)C)[N-]C(C)(C)C.[CH3-].[CH3-].[CH3-].[CH3-].[CH3-].[CH3-].[Ti+4].[Ti+4]. The van der Waals surface area contributed by atoms with E-state index in [-0.39, 0.29) is 127 Å². The standard InChI is InChI=1S/C41H74NOSi.C37H66NOSi.6CH3.2Ti/c1-29(2)35-28-36-33(30-25-31(38(3,4)5)27-32(26-30)39(6,7)8)21-20-22-34(36)37(35)44(15,42-40(9,10)11)24-19-17-16-18-23-43-41(12,13)14;1-27(2)32-26-33-30(28-20-22-29(23-21-28)35(3,4)5)18-17-19-31(33)34(32)40(12,38-36(6,7)8)25-16-14-13-15-24-39-37(9,10)11;;;;;;;;/h25-27,29,33-37H,16-24,28H2,1-15H3;20-23,27,30-34H,13-19,24-26H2,1-12H3;6*1H3;;/q8*-1;2*+4. The minimum absolute atomic E-state index is 0. The smallest absolute Gasteiger partial charge is 0.659 e. The largest absolute Gasteiger partial charge is 4.00 e. The van der Waals surface area contributed by atoms with Gasteiger partial charge in [-0.25, -0.2) is 0 Å². The Morgan fingerprint density at radius 1 is 0.402 bits per heavy atom. The summed E-state index contributed by atoms with van der Waals surface area (Å²) >= 11 is 0. The zero-order valence-corrected chi connectivity index (χ0v) is 72.9. The summed E-state index contributed by atoms with van der Waals surface area (Å²) in [6.45, 7) is 65.8. The molecule has 0 N–H and O–H groups in total. The molecule has 0 aliphatic heterocycles. The molecule has 0 radical (unpaired) electrons. The number of unbranched alkanes of at least 4 members (excludes halogenated alkanes) is 6. The number of nitrogens with zero attached hydrogens (tertiary/aromatic N) is 2. The number of benzene rings is 2. The fourth-order valence-electron chi connectivity index (χ4n) is 17.5. The maximum Gasteiger partial charge on any atom is 4.00 e. The van der Waals surface area contributed by atoms with E-state index in [2.05, 4.69) is 229 Å². The van der Waals surface area contributed by atoms with Crippen molar-refractivity contribution in [3.05, 3.63) is 125 Å². The van der Waals surface area contributed by atoms with Gasteiger partial charge in [0.05, 0.1) is 11.2 Å². The number of hydrogen-bond donors (Lipinski definition) is 0. The van der Waals surface area contributed by atoms with Gasteiger partial charge in [0.25, 0.3) is 0 Å². The molecule has 4 nitrogen and oxygen atoms in total. The average molecular weight is 1380 g/mol. The Kier molecular flexibility index (Phi) is 42.8. The second-order valence-corrected chi connectivity index (χ2v) is 45.0. The van der Waals surface area contributed by atoms with Crippen molar-refractivity contribution >= 4 is 16.5 Å². The van der Waals surface area contributed by atoms with Gasteiger partial charge in [0, 0.05) is 13.2 Å². The minimum atomic E-state index is -1.90. The molecule has 92 heavy (non-hydrogen) atoms. The van der Waals surface area contributed by atoms with Gasteiger partial charge in [0.15, 0.2) is 0 Å². The van der Waals surface area contributed by atoms with E-state index >= 15 is 0 Å². The van der Waals surface area contributed by atoms with Gasteiger partial charge in [-0.1, -0.05) is 291 Å². The van der Waals surface area contributed by atoms with Crippen molar-refractivity contribution in [2.45, 2.75) is 362 Å². The molecule has 8 heteroatoms. The Balaban J connectivity index is -0.000000777. The molecule has 4 fully saturated rings. The zero-order valence-electron chi connectivity index (χ0n) is 67.8. The fourth-order valence-corrected chi connectivity index (χ4v) is 29.2. The van der Waals surface area contributed by atoms with Gasteiger partial charge >= 0.3 is 43.4 Å². The molecule has 0 saturated heterocycles. The third kappa shape index (κ3) is 29.4. The molecule has 12 atom stereocenters. The Morgan fingerprint density at radius 3 is 1.01 bits per heavy atom. The van der Waals surface area contributed by atoms with E-state index in [0.717, 1.165) is 77.6 Å². The van der Waals surface area contributed by atoms with Crippen LogP contribution in [0.4, 0.5) is 0 Å². The quantitative estimate of drug-likeness (QED) is 0.0670. The minimum Gasteiger partial charge on any atom is -0.659 e. The van der Waals surface area contributed by atoms with E-state index in [1.165, 1.54) is 132 Å². The first-order valence-corrected chi connectivity index (χ1v) is 40.9. The maximum absolute atomic E-state index is 6.01. The summed E-state index contributed by atoms with van der Waals surface area (Å²) in [5.74, 6) is 7.87. The Labute approximate surface area is 612 Å². The molecule has 6 rings (SSSR count). The first kappa shape index (κ1) is 98.5. The third-order valence-corrected chi connectivity index (χ3v) is 30.7. The van der Waals surface area contributed by atoms with Gasteiger partial charge in [0.2, 0.25) is 0 Å². The molecular weight excluding hydrogens is 1220 g/mol. The van der Waals surface area contributed by atoms with Gasteiger partial charge in [-0.05, 0) is 183 Å². The number of fused-ring (bicyclic) bond motifs is 2. The normalized spacial score (nSPS) is 24.7. The molecule has 2 aromatic carbocycles. The van der Waals surface area contributed by atoms with E-state index in [1.54, 1.807) is 11.1 Å². The summed E-state index contributed by atoms with van der Waals surface area (Å²) in [4.78, 5) is 11.8. The van der Waals surface area contributed by atoms with E-state index in [4.69, 9.17) is 19.4 Å². The van der Waals surface area contributed by atoms with E-state index in [0.29, 0.717) is 5.92 Å². The van der Waals surface area contributed by atoms with Gasteiger partial charge in [-0.2, -0.15) is 0 Å². The van der Waals surface area contributed by atoms with Crippen molar-refractivity contribution in [1.29, 1.82) is 0 Å². The van der Waals surface area contributed by atoms with Crippen molar-refractivity contribution in [2.75, 3.05) is 13.2 Å². The third-order valence-electron chi connectivity index (χ3n) is 21.0. The van der Waals surface area contributed by atoms with Gasteiger partial charge < -0.3 is 64.0 Å². The Bertz CT molecular complexity index is 2250. The first-order valence-electron chi connectivity index (χ1n) is 35.5. The molecule has 12 unspecified atom stereocenters. The second kappa shape index (κ2) is 40.0. The van der Waals surface area contributed by atoms with E-state index in [1.807, 2.05) is 0 Å². The first-order chi connectivity index (χ1) is 38.4. The number of rotatable bonds is 22. The van der Waals surface area contributed by atoms with E-state index in [9.17, 15) is 0 Å². The van der Waals surface area contributed by atoms with Crippen LogP contribution in [0.2, 0.25) is 36.3 Å². The molecule has 4 aliphatic rings. The van der Waals surface area contributed by atoms with Gasteiger partial charge in [0.1, 0.15) is 0 Å². The summed E-state index contributed by atoms with van der Waals surface area (Å²) in [6, 6.07) is 20.3. The molecule has 0 aromatic heterocycles. The van der Waals surface area contributed by atoms with Crippen molar-refractivity contribution in [1.82, 2.24) is 0 Å². The summed E-state index contributed by atoms with van der Waals surface area (Å²) in [5.41, 5.74) is 10.00. The average Bonchev–Trinajstić information content (AvgIpc) is 3.97. The molecule has 2 aromatic rings. The molecule has 4 aliphatic carbocycles. The monoisotopic (exact) mass is 1380 g/mol. The van der Waals surface area contributed by atoms with Crippen LogP contribution in [-0.4, -0.2) is 52.0 Å². The molecule has 532 valence electrons. The molecule has 0 heterocycles. The van der Waals surface area contributed by atoms with Crippen LogP contribution in [0.1, 0.15) is 315 Å². The molecular formula is C84H158N2O2Si2Ti2. The Hall–Kier alpha value is 0.142.